The third kappa shape index (κ3) is 6.11. The molecule has 0 heterocycles. The Morgan fingerprint density at radius 1 is 1.31 bits per heavy atom. The van der Waals surface area contributed by atoms with Gasteiger partial charge < -0.3 is 5.11 Å². The predicted octanol–water partition coefficient (Wildman–Crippen LogP) is 3.19. The average molecular weight is 229 g/mol. The molecule has 3 heteroatoms. The summed E-state index contributed by atoms with van der Waals surface area (Å²) >= 11 is 0. The lowest BCUT2D eigenvalue weighted by Gasteiger charge is -2.32. The molecule has 0 fully saturated rings. The van der Waals surface area contributed by atoms with Crippen LogP contribution in [0.1, 0.15) is 66.2 Å². The molecule has 0 bridgehead atoms. The Labute approximate surface area is 99.6 Å². The zero-order valence-electron chi connectivity index (χ0n) is 11.2. The molecule has 0 aliphatic carbocycles. The second-order valence-corrected chi connectivity index (χ2v) is 4.93. The fourth-order valence-electron chi connectivity index (χ4n) is 1.88. The smallest absolute Gasteiger partial charge is 0.320 e. The molecule has 0 aromatic carbocycles. The van der Waals surface area contributed by atoms with Gasteiger partial charge in [0.1, 0.15) is 6.04 Å². The van der Waals surface area contributed by atoms with E-state index in [-0.39, 0.29) is 5.54 Å². The molecule has 2 N–H and O–H groups in total. The third-order valence-electron chi connectivity index (χ3n) is 3.30. The van der Waals surface area contributed by atoms with Crippen molar-refractivity contribution < 1.29 is 9.90 Å². The first-order valence-corrected chi connectivity index (χ1v) is 6.45. The number of carboxylic acid groups (broad SMARTS) is 1. The van der Waals surface area contributed by atoms with E-state index in [0.29, 0.717) is 0 Å². The quantitative estimate of drug-likeness (QED) is 0.597. The molecular formula is C13H27NO2. The van der Waals surface area contributed by atoms with Gasteiger partial charge in [-0.3, -0.25) is 10.1 Å². The number of unbranched alkanes of at least 4 members (excludes halogenated alkanes) is 3. The van der Waals surface area contributed by atoms with Crippen LogP contribution in [0.5, 0.6) is 0 Å². The van der Waals surface area contributed by atoms with Gasteiger partial charge in [-0.1, -0.05) is 39.5 Å². The van der Waals surface area contributed by atoms with Crippen molar-refractivity contribution >= 4 is 5.97 Å². The van der Waals surface area contributed by atoms with Gasteiger partial charge in [-0.05, 0) is 26.7 Å². The number of aliphatic carboxylic acids is 1. The molecule has 96 valence electrons. The molecule has 0 aliphatic heterocycles. The molecule has 16 heavy (non-hydrogen) atoms. The fourth-order valence-corrected chi connectivity index (χ4v) is 1.88. The molecule has 0 spiro atoms. The molecule has 0 saturated carbocycles. The van der Waals surface area contributed by atoms with Gasteiger partial charge in [-0.15, -0.1) is 0 Å². The number of rotatable bonds is 9. The largest absolute Gasteiger partial charge is 0.480 e. The summed E-state index contributed by atoms with van der Waals surface area (Å²) in [4.78, 5) is 10.8. The molecule has 0 aromatic heterocycles. The first-order chi connectivity index (χ1) is 7.45. The van der Waals surface area contributed by atoms with Crippen LogP contribution in [-0.4, -0.2) is 22.7 Å². The van der Waals surface area contributed by atoms with Gasteiger partial charge in [0, 0.05) is 5.54 Å². The second kappa shape index (κ2) is 7.66. The first-order valence-electron chi connectivity index (χ1n) is 6.45. The van der Waals surface area contributed by atoms with E-state index in [4.69, 9.17) is 5.11 Å². The maximum Gasteiger partial charge on any atom is 0.320 e. The van der Waals surface area contributed by atoms with Crippen molar-refractivity contribution in [2.75, 3.05) is 0 Å². The summed E-state index contributed by atoms with van der Waals surface area (Å²) in [6, 6.07) is -0.462. The zero-order chi connectivity index (χ0) is 12.6. The highest BCUT2D eigenvalue weighted by atomic mass is 16.4. The van der Waals surface area contributed by atoms with E-state index in [2.05, 4.69) is 26.1 Å². The van der Waals surface area contributed by atoms with Gasteiger partial charge in [-0.25, -0.2) is 0 Å². The summed E-state index contributed by atoms with van der Waals surface area (Å²) in [6.45, 7) is 8.14. The van der Waals surface area contributed by atoms with Crippen molar-refractivity contribution in [3.63, 3.8) is 0 Å². The molecule has 0 radical (unpaired) electrons. The van der Waals surface area contributed by atoms with Gasteiger partial charge in [0.25, 0.3) is 0 Å². The topological polar surface area (TPSA) is 49.3 Å². The molecule has 0 aliphatic rings. The fraction of sp³-hybridized carbons (Fsp3) is 0.923. The van der Waals surface area contributed by atoms with E-state index in [1.807, 2.05) is 0 Å². The molecule has 3 nitrogen and oxygen atoms in total. The van der Waals surface area contributed by atoms with Crippen LogP contribution in [0.25, 0.3) is 0 Å². The van der Waals surface area contributed by atoms with Gasteiger partial charge in [0.05, 0.1) is 0 Å². The lowest BCUT2D eigenvalue weighted by atomic mass is 9.90. The van der Waals surface area contributed by atoms with Crippen LogP contribution in [0.3, 0.4) is 0 Å². The van der Waals surface area contributed by atoms with E-state index < -0.39 is 12.0 Å². The van der Waals surface area contributed by atoms with Crippen molar-refractivity contribution in [3.05, 3.63) is 0 Å². The standard InChI is InChI=1S/C13H27NO2/c1-5-7-8-9-10-13(4,6-2)14-11(3)12(15)16/h11,14H,5-10H2,1-4H3,(H,15,16). The molecule has 0 amide bonds. The summed E-state index contributed by atoms with van der Waals surface area (Å²) in [5.74, 6) is -0.770. The molecule has 2 unspecified atom stereocenters. The van der Waals surface area contributed by atoms with Gasteiger partial charge in [-0.2, -0.15) is 0 Å². The molecule has 0 rings (SSSR count). The summed E-state index contributed by atoms with van der Waals surface area (Å²) in [5, 5.41) is 12.1. The lowest BCUT2D eigenvalue weighted by Crippen LogP contribution is -2.49. The van der Waals surface area contributed by atoms with Crippen molar-refractivity contribution in [1.29, 1.82) is 0 Å². The number of nitrogens with one attached hydrogen (secondary N) is 1. The highest BCUT2D eigenvalue weighted by molar-refractivity contribution is 5.72. The van der Waals surface area contributed by atoms with E-state index in [0.717, 1.165) is 12.8 Å². The normalized spacial score (nSPS) is 16.8. The van der Waals surface area contributed by atoms with Crippen molar-refractivity contribution in [2.45, 2.75) is 77.8 Å². The van der Waals surface area contributed by atoms with Crippen LogP contribution in [0.4, 0.5) is 0 Å². The van der Waals surface area contributed by atoms with Crippen molar-refractivity contribution in [1.82, 2.24) is 5.32 Å². The van der Waals surface area contributed by atoms with Gasteiger partial charge in [0.2, 0.25) is 0 Å². The summed E-state index contributed by atoms with van der Waals surface area (Å²) in [5.41, 5.74) is -0.0362. The number of carbonyl (C=O) groups is 1. The van der Waals surface area contributed by atoms with Crippen molar-refractivity contribution in [3.8, 4) is 0 Å². The summed E-state index contributed by atoms with van der Waals surface area (Å²) in [7, 11) is 0. The van der Waals surface area contributed by atoms with Gasteiger partial charge in [0.15, 0.2) is 0 Å². The Balaban J connectivity index is 4.04. The highest BCUT2D eigenvalue weighted by Gasteiger charge is 2.25. The molecule has 0 saturated heterocycles. The first kappa shape index (κ1) is 15.4. The van der Waals surface area contributed by atoms with E-state index >= 15 is 0 Å². The lowest BCUT2D eigenvalue weighted by molar-refractivity contribution is -0.139. The van der Waals surface area contributed by atoms with Crippen LogP contribution in [-0.2, 0) is 4.79 Å². The van der Waals surface area contributed by atoms with E-state index in [9.17, 15) is 4.79 Å². The van der Waals surface area contributed by atoms with Crippen LogP contribution < -0.4 is 5.32 Å². The summed E-state index contributed by atoms with van der Waals surface area (Å²) < 4.78 is 0. The molecule has 2 atom stereocenters. The SMILES string of the molecule is CCCCCCC(C)(CC)NC(C)C(=O)O. The Bertz CT molecular complexity index is 206. The minimum Gasteiger partial charge on any atom is -0.480 e. The molecule has 0 aromatic rings. The van der Waals surface area contributed by atoms with Crippen LogP contribution >= 0.6 is 0 Å². The van der Waals surface area contributed by atoms with Crippen LogP contribution in [0.2, 0.25) is 0 Å². The minimum absolute atomic E-state index is 0.0362. The maximum atomic E-state index is 10.8. The Hall–Kier alpha value is -0.570. The van der Waals surface area contributed by atoms with Gasteiger partial charge >= 0.3 is 5.97 Å². The number of hydrogen-bond donors (Lipinski definition) is 2. The maximum absolute atomic E-state index is 10.8. The van der Waals surface area contributed by atoms with Crippen LogP contribution in [0, 0.1) is 0 Å². The Morgan fingerprint density at radius 3 is 2.38 bits per heavy atom. The highest BCUT2D eigenvalue weighted by Crippen LogP contribution is 2.19. The zero-order valence-corrected chi connectivity index (χ0v) is 11.2. The number of carboxylic acids is 1. The third-order valence-corrected chi connectivity index (χ3v) is 3.30. The Morgan fingerprint density at radius 2 is 1.94 bits per heavy atom. The average Bonchev–Trinajstić information content (AvgIpc) is 2.24. The minimum atomic E-state index is -0.770. The monoisotopic (exact) mass is 229 g/mol. The van der Waals surface area contributed by atoms with Crippen molar-refractivity contribution in [2.24, 2.45) is 0 Å². The van der Waals surface area contributed by atoms with E-state index in [1.54, 1.807) is 6.92 Å². The summed E-state index contributed by atoms with van der Waals surface area (Å²) in [6.07, 6.45) is 6.96. The predicted molar refractivity (Wildman–Crippen MR) is 67.7 cm³/mol. The second-order valence-electron chi connectivity index (χ2n) is 4.93. The number of hydrogen-bond acceptors (Lipinski definition) is 2. The Kier molecular flexibility index (Phi) is 7.39. The molecular weight excluding hydrogens is 202 g/mol. The van der Waals surface area contributed by atoms with Crippen LogP contribution in [0.15, 0.2) is 0 Å². The van der Waals surface area contributed by atoms with E-state index in [1.165, 1.54) is 25.7 Å².